The largest absolute Gasteiger partial charge is 0.355 e. The van der Waals surface area contributed by atoms with Crippen LogP contribution in [0.25, 0.3) is 0 Å². The van der Waals surface area contributed by atoms with Crippen LogP contribution in [0, 0.1) is 0 Å². The van der Waals surface area contributed by atoms with Gasteiger partial charge >= 0.3 is 0 Å². The average Bonchev–Trinajstić information content (AvgIpc) is 2.42. The van der Waals surface area contributed by atoms with Crippen LogP contribution < -0.4 is 10.6 Å². The zero-order chi connectivity index (χ0) is 16.8. The van der Waals surface area contributed by atoms with E-state index in [9.17, 15) is 4.21 Å². The van der Waals surface area contributed by atoms with Crippen molar-refractivity contribution in [1.29, 1.82) is 0 Å². The Morgan fingerprint density at radius 1 is 1.26 bits per heavy atom. The SMILES string of the molecule is CN=C(NCCS(=O)C(C)(C)C)NCc1ccc(Cl)cc1Cl.I. The first-order valence-electron chi connectivity index (χ1n) is 7.01. The van der Waals surface area contributed by atoms with Gasteiger partial charge in [0.05, 0.1) is 0 Å². The van der Waals surface area contributed by atoms with Gasteiger partial charge < -0.3 is 10.6 Å². The van der Waals surface area contributed by atoms with E-state index in [4.69, 9.17) is 23.2 Å². The summed E-state index contributed by atoms with van der Waals surface area (Å²) in [4.78, 5) is 4.14. The lowest BCUT2D eigenvalue weighted by atomic mass is 10.2. The summed E-state index contributed by atoms with van der Waals surface area (Å²) in [6.07, 6.45) is 0. The molecule has 0 amide bonds. The van der Waals surface area contributed by atoms with Gasteiger partial charge in [-0.15, -0.1) is 24.0 Å². The van der Waals surface area contributed by atoms with Crippen LogP contribution in [0.5, 0.6) is 0 Å². The van der Waals surface area contributed by atoms with Crippen LogP contribution in [0.3, 0.4) is 0 Å². The number of guanidine groups is 1. The Hall–Kier alpha value is -0.0500. The van der Waals surface area contributed by atoms with Crippen LogP contribution >= 0.6 is 47.2 Å². The molecule has 0 aliphatic rings. The summed E-state index contributed by atoms with van der Waals surface area (Å²) < 4.78 is 11.8. The summed E-state index contributed by atoms with van der Waals surface area (Å²) in [6, 6.07) is 5.38. The molecule has 0 saturated heterocycles. The first kappa shape index (κ1) is 22.9. The number of rotatable bonds is 5. The molecular weight excluding hydrogens is 468 g/mol. The highest BCUT2D eigenvalue weighted by Gasteiger charge is 2.18. The van der Waals surface area contributed by atoms with Crippen LogP contribution in [-0.4, -0.2) is 34.3 Å². The number of nitrogens with zero attached hydrogens (tertiary/aromatic N) is 1. The molecule has 0 saturated carbocycles. The molecule has 0 bridgehead atoms. The van der Waals surface area contributed by atoms with Crippen molar-refractivity contribution in [1.82, 2.24) is 10.6 Å². The zero-order valence-corrected chi connectivity index (χ0v) is 18.4. The molecular formula is C15H24Cl2IN3OS. The zero-order valence-electron chi connectivity index (χ0n) is 13.8. The second-order valence-corrected chi connectivity index (χ2v) is 8.92. The molecule has 0 fully saturated rings. The van der Waals surface area contributed by atoms with Gasteiger partial charge in [0.2, 0.25) is 0 Å². The van der Waals surface area contributed by atoms with Crippen molar-refractivity contribution in [2.75, 3.05) is 19.3 Å². The Kier molecular flexibility index (Phi) is 10.7. The minimum Gasteiger partial charge on any atom is -0.355 e. The summed E-state index contributed by atoms with van der Waals surface area (Å²) in [5, 5.41) is 7.55. The molecule has 8 heteroatoms. The molecule has 2 N–H and O–H groups in total. The smallest absolute Gasteiger partial charge is 0.191 e. The van der Waals surface area contributed by atoms with E-state index in [0.29, 0.717) is 34.8 Å². The molecule has 1 aromatic carbocycles. The third-order valence-electron chi connectivity index (χ3n) is 2.95. The van der Waals surface area contributed by atoms with Crippen molar-refractivity contribution in [3.63, 3.8) is 0 Å². The topological polar surface area (TPSA) is 53.5 Å². The lowest BCUT2D eigenvalue weighted by Gasteiger charge is -2.18. The van der Waals surface area contributed by atoms with E-state index in [1.807, 2.05) is 26.8 Å². The first-order valence-corrected chi connectivity index (χ1v) is 9.08. The molecule has 0 heterocycles. The van der Waals surface area contributed by atoms with E-state index in [1.165, 1.54) is 0 Å². The van der Waals surface area contributed by atoms with E-state index in [1.54, 1.807) is 19.2 Å². The van der Waals surface area contributed by atoms with Crippen molar-refractivity contribution < 1.29 is 4.21 Å². The van der Waals surface area contributed by atoms with Gasteiger partial charge in [-0.2, -0.15) is 0 Å². The lowest BCUT2D eigenvalue weighted by molar-refractivity contribution is 0.647. The van der Waals surface area contributed by atoms with Crippen LogP contribution in [0.4, 0.5) is 0 Å². The highest BCUT2D eigenvalue weighted by Crippen LogP contribution is 2.20. The number of hydrogen-bond acceptors (Lipinski definition) is 2. The highest BCUT2D eigenvalue weighted by molar-refractivity contribution is 14.0. The maximum Gasteiger partial charge on any atom is 0.191 e. The van der Waals surface area contributed by atoms with Crippen LogP contribution in [0.1, 0.15) is 26.3 Å². The maximum atomic E-state index is 12.0. The average molecular weight is 492 g/mol. The van der Waals surface area contributed by atoms with Crippen molar-refractivity contribution in [2.45, 2.75) is 32.1 Å². The molecule has 1 atom stereocenters. The Morgan fingerprint density at radius 2 is 1.91 bits per heavy atom. The van der Waals surface area contributed by atoms with Gasteiger partial charge in [0.15, 0.2) is 5.96 Å². The number of benzene rings is 1. The van der Waals surface area contributed by atoms with E-state index in [2.05, 4.69) is 15.6 Å². The van der Waals surface area contributed by atoms with Gasteiger partial charge in [0, 0.05) is 51.5 Å². The van der Waals surface area contributed by atoms with Gasteiger partial charge in [0.25, 0.3) is 0 Å². The second-order valence-electron chi connectivity index (χ2n) is 5.75. The number of hydrogen-bond donors (Lipinski definition) is 2. The molecule has 0 aromatic heterocycles. The maximum absolute atomic E-state index is 12.0. The molecule has 23 heavy (non-hydrogen) atoms. The van der Waals surface area contributed by atoms with Gasteiger partial charge in [-0.25, -0.2) is 0 Å². The fraction of sp³-hybridized carbons (Fsp3) is 0.533. The fourth-order valence-electron chi connectivity index (χ4n) is 1.63. The molecule has 4 nitrogen and oxygen atoms in total. The monoisotopic (exact) mass is 491 g/mol. The Morgan fingerprint density at radius 3 is 2.43 bits per heavy atom. The van der Waals surface area contributed by atoms with E-state index in [-0.39, 0.29) is 28.7 Å². The number of halogens is 3. The van der Waals surface area contributed by atoms with Crippen molar-refractivity contribution in [2.24, 2.45) is 4.99 Å². The predicted molar refractivity (Wildman–Crippen MR) is 113 cm³/mol. The second kappa shape index (κ2) is 10.7. The fourth-order valence-corrected chi connectivity index (χ4v) is 3.01. The minimum atomic E-state index is -0.883. The molecule has 1 unspecified atom stereocenters. The van der Waals surface area contributed by atoms with E-state index < -0.39 is 10.8 Å². The van der Waals surface area contributed by atoms with Crippen LogP contribution in [0.2, 0.25) is 10.0 Å². The van der Waals surface area contributed by atoms with Gasteiger partial charge in [0.1, 0.15) is 0 Å². The Bertz CT molecular complexity index is 562. The summed E-state index contributed by atoms with van der Waals surface area (Å²) in [5.74, 6) is 1.23. The van der Waals surface area contributed by atoms with Crippen molar-refractivity contribution in [3.05, 3.63) is 33.8 Å². The predicted octanol–water partition coefficient (Wildman–Crippen LogP) is 3.82. The molecule has 0 aliphatic heterocycles. The molecule has 1 rings (SSSR count). The van der Waals surface area contributed by atoms with Gasteiger partial charge in [-0.3, -0.25) is 9.20 Å². The minimum absolute atomic E-state index is 0. The highest BCUT2D eigenvalue weighted by atomic mass is 127. The Labute approximate surface area is 168 Å². The van der Waals surface area contributed by atoms with Crippen LogP contribution in [-0.2, 0) is 17.3 Å². The van der Waals surface area contributed by atoms with Gasteiger partial charge in [-0.1, -0.05) is 29.3 Å². The quantitative estimate of drug-likeness (QED) is 0.374. The molecule has 1 aromatic rings. The summed E-state index contributed by atoms with van der Waals surface area (Å²) >= 11 is 12.0. The first-order chi connectivity index (χ1) is 10.2. The number of aliphatic imine (C=N–C) groups is 1. The molecule has 0 spiro atoms. The molecule has 0 radical (unpaired) electrons. The molecule has 0 aliphatic carbocycles. The normalized spacial score (nSPS) is 13.2. The van der Waals surface area contributed by atoms with E-state index >= 15 is 0 Å². The summed E-state index contributed by atoms with van der Waals surface area (Å²) in [6.45, 7) is 7.05. The third-order valence-corrected chi connectivity index (χ3v) is 5.48. The summed E-state index contributed by atoms with van der Waals surface area (Å²) in [7, 11) is 0.811. The lowest BCUT2D eigenvalue weighted by Crippen LogP contribution is -2.40. The van der Waals surface area contributed by atoms with Gasteiger partial charge in [-0.05, 0) is 38.5 Å². The van der Waals surface area contributed by atoms with E-state index in [0.717, 1.165) is 5.56 Å². The third kappa shape index (κ3) is 8.56. The standard InChI is InChI=1S/C15H23Cl2N3OS.HI/c1-15(2,3)22(21)8-7-19-14(18-4)20-10-11-5-6-12(16)9-13(11)17;/h5-6,9H,7-8,10H2,1-4H3,(H2,18,19,20);1H. The van der Waals surface area contributed by atoms with Crippen molar-refractivity contribution >= 4 is 63.9 Å². The summed E-state index contributed by atoms with van der Waals surface area (Å²) in [5.41, 5.74) is 0.937. The Balaban J connectivity index is 0.00000484. The van der Waals surface area contributed by atoms with Crippen molar-refractivity contribution in [3.8, 4) is 0 Å². The molecule has 132 valence electrons. The number of nitrogens with one attached hydrogen (secondary N) is 2. The van der Waals surface area contributed by atoms with Crippen LogP contribution in [0.15, 0.2) is 23.2 Å².